The summed E-state index contributed by atoms with van der Waals surface area (Å²) in [5.74, 6) is 0.228. The van der Waals surface area contributed by atoms with E-state index >= 15 is 0 Å². The highest BCUT2D eigenvalue weighted by Gasteiger charge is 2.11. The van der Waals surface area contributed by atoms with E-state index < -0.39 is 11.7 Å². The normalized spacial score (nSPS) is 12.4. The number of carbonyl (C=O) groups is 1. The summed E-state index contributed by atoms with van der Waals surface area (Å²) in [4.78, 5) is 13.8. The van der Waals surface area contributed by atoms with E-state index in [-0.39, 0.29) is 5.56 Å². The standard InChI is InChI=1S/C19H34.C6H5FN2O.C2H6/c1-6-8-10-12-13-18(5)16-19(15-17(3)4)14-11-9-7-2;7-5-3-9-2-1-4(5)6(8)10;1-2/h6,8,10,12-13,17,19H,7,9,11,14-16H2,1-5H3;1-3H,(H2,8,10);1-2H3/b8-6-,12-10-,18-13+;;. The Morgan fingerprint density at radius 1 is 1.19 bits per heavy atom. The minimum Gasteiger partial charge on any atom is -0.366 e. The molecule has 0 saturated heterocycles. The molecule has 1 atom stereocenters. The average molecular weight is 433 g/mol. The van der Waals surface area contributed by atoms with Gasteiger partial charge in [-0.2, -0.15) is 0 Å². The van der Waals surface area contributed by atoms with Crippen LogP contribution in [-0.2, 0) is 0 Å². The Bertz CT molecular complexity index is 663. The van der Waals surface area contributed by atoms with Crippen molar-refractivity contribution in [1.29, 1.82) is 0 Å². The smallest absolute Gasteiger partial charge is 0.251 e. The van der Waals surface area contributed by atoms with Crippen LogP contribution in [0.5, 0.6) is 0 Å². The van der Waals surface area contributed by atoms with Gasteiger partial charge in [0.05, 0.1) is 11.8 Å². The molecular formula is C27H45FN2O. The summed E-state index contributed by atoms with van der Waals surface area (Å²) >= 11 is 0. The van der Waals surface area contributed by atoms with Gasteiger partial charge in [-0.15, -0.1) is 0 Å². The van der Waals surface area contributed by atoms with Gasteiger partial charge in [-0.1, -0.05) is 96.3 Å². The third-order valence-electron chi connectivity index (χ3n) is 4.46. The maximum absolute atomic E-state index is 12.5. The number of pyridine rings is 1. The molecule has 31 heavy (non-hydrogen) atoms. The van der Waals surface area contributed by atoms with Gasteiger partial charge in [0.15, 0.2) is 5.82 Å². The molecule has 3 nitrogen and oxygen atoms in total. The molecule has 0 aromatic carbocycles. The summed E-state index contributed by atoms with van der Waals surface area (Å²) in [6.45, 7) is 15.3. The van der Waals surface area contributed by atoms with E-state index in [1.807, 2.05) is 20.8 Å². The molecule has 2 N–H and O–H groups in total. The lowest BCUT2D eigenvalue weighted by atomic mass is 9.87. The van der Waals surface area contributed by atoms with Crippen LogP contribution in [0.25, 0.3) is 0 Å². The first kappa shape index (κ1) is 31.0. The average Bonchev–Trinajstić information content (AvgIpc) is 2.73. The minimum absolute atomic E-state index is 0.130. The van der Waals surface area contributed by atoms with Crippen molar-refractivity contribution in [2.45, 2.75) is 87.0 Å². The Hall–Kier alpha value is -2.23. The van der Waals surface area contributed by atoms with Crippen LogP contribution < -0.4 is 5.73 Å². The molecule has 1 aromatic heterocycles. The van der Waals surface area contributed by atoms with Gasteiger partial charge in [0.1, 0.15) is 0 Å². The number of primary amides is 1. The van der Waals surface area contributed by atoms with Crippen LogP contribution >= 0.6 is 0 Å². The second-order valence-electron chi connectivity index (χ2n) is 7.84. The molecule has 0 aliphatic carbocycles. The van der Waals surface area contributed by atoms with Gasteiger partial charge in [0, 0.05) is 6.20 Å². The Kier molecular flexibility index (Phi) is 21.0. The molecule has 1 unspecified atom stereocenters. The summed E-state index contributed by atoms with van der Waals surface area (Å²) in [6.07, 6.45) is 21.1. The van der Waals surface area contributed by atoms with Crippen LogP contribution in [0.1, 0.15) is 97.3 Å². The van der Waals surface area contributed by atoms with E-state index in [0.29, 0.717) is 0 Å². The monoisotopic (exact) mass is 432 g/mol. The van der Waals surface area contributed by atoms with E-state index in [9.17, 15) is 9.18 Å². The van der Waals surface area contributed by atoms with Crippen molar-refractivity contribution in [3.63, 3.8) is 0 Å². The molecular weight excluding hydrogens is 387 g/mol. The lowest BCUT2D eigenvalue weighted by molar-refractivity contribution is 0.0996. The van der Waals surface area contributed by atoms with Crippen LogP contribution in [0.15, 0.2) is 54.4 Å². The van der Waals surface area contributed by atoms with Gasteiger partial charge in [-0.25, -0.2) is 4.39 Å². The minimum atomic E-state index is -0.778. The summed E-state index contributed by atoms with van der Waals surface area (Å²) in [5, 5.41) is 0. The van der Waals surface area contributed by atoms with Crippen molar-refractivity contribution >= 4 is 5.91 Å². The number of amides is 1. The number of rotatable bonds is 11. The zero-order valence-corrected chi connectivity index (χ0v) is 20.8. The van der Waals surface area contributed by atoms with Crippen molar-refractivity contribution in [3.8, 4) is 0 Å². The topological polar surface area (TPSA) is 56.0 Å². The van der Waals surface area contributed by atoms with Crippen LogP contribution in [0.3, 0.4) is 0 Å². The summed E-state index contributed by atoms with van der Waals surface area (Å²) < 4.78 is 12.5. The number of allylic oxidation sites excluding steroid dienone is 6. The zero-order valence-electron chi connectivity index (χ0n) is 20.8. The van der Waals surface area contributed by atoms with E-state index in [0.717, 1.165) is 18.0 Å². The predicted molar refractivity (Wildman–Crippen MR) is 133 cm³/mol. The van der Waals surface area contributed by atoms with Gasteiger partial charge in [0.25, 0.3) is 5.91 Å². The molecule has 0 fully saturated rings. The Morgan fingerprint density at radius 2 is 1.87 bits per heavy atom. The maximum atomic E-state index is 12.5. The van der Waals surface area contributed by atoms with Crippen LogP contribution in [0.2, 0.25) is 0 Å². The predicted octanol–water partition coefficient (Wildman–Crippen LogP) is 8.04. The van der Waals surface area contributed by atoms with Crippen molar-refractivity contribution in [2.24, 2.45) is 17.6 Å². The molecule has 4 heteroatoms. The van der Waals surface area contributed by atoms with Crippen molar-refractivity contribution in [2.75, 3.05) is 0 Å². The maximum Gasteiger partial charge on any atom is 0.251 e. The van der Waals surface area contributed by atoms with Gasteiger partial charge in [-0.05, 0) is 44.6 Å². The lowest BCUT2D eigenvalue weighted by Gasteiger charge is -2.19. The Balaban J connectivity index is 0. The third-order valence-corrected chi connectivity index (χ3v) is 4.46. The van der Waals surface area contributed by atoms with Crippen molar-refractivity contribution < 1.29 is 9.18 Å². The third kappa shape index (κ3) is 18.3. The number of unbranched alkanes of at least 4 members (excludes halogenated alkanes) is 2. The summed E-state index contributed by atoms with van der Waals surface area (Å²) in [7, 11) is 0. The number of hydrogen-bond donors (Lipinski definition) is 1. The molecule has 0 aliphatic rings. The van der Waals surface area contributed by atoms with Crippen molar-refractivity contribution in [1.82, 2.24) is 4.98 Å². The van der Waals surface area contributed by atoms with Gasteiger partial charge in [0.2, 0.25) is 0 Å². The molecule has 176 valence electrons. The van der Waals surface area contributed by atoms with E-state index in [1.54, 1.807) is 0 Å². The number of nitrogens with zero attached hydrogens (tertiary/aromatic N) is 1. The molecule has 0 saturated carbocycles. The molecule has 0 bridgehead atoms. The van der Waals surface area contributed by atoms with Crippen LogP contribution in [-0.4, -0.2) is 10.9 Å². The van der Waals surface area contributed by atoms with Crippen LogP contribution in [0.4, 0.5) is 4.39 Å². The van der Waals surface area contributed by atoms with E-state index in [4.69, 9.17) is 5.73 Å². The largest absolute Gasteiger partial charge is 0.366 e. The van der Waals surface area contributed by atoms with Gasteiger partial charge in [-0.3, -0.25) is 9.78 Å². The van der Waals surface area contributed by atoms with Crippen LogP contribution in [0, 0.1) is 17.7 Å². The summed E-state index contributed by atoms with van der Waals surface area (Å²) in [5.41, 5.74) is 6.19. The molecule has 1 heterocycles. The number of carbonyl (C=O) groups excluding carboxylic acids is 1. The molecule has 0 spiro atoms. The number of aromatic nitrogens is 1. The Labute approximate surface area is 190 Å². The second kappa shape index (κ2) is 21.0. The molecule has 1 amide bonds. The number of hydrogen-bond acceptors (Lipinski definition) is 2. The first-order valence-corrected chi connectivity index (χ1v) is 11.7. The second-order valence-corrected chi connectivity index (χ2v) is 7.84. The number of halogens is 1. The zero-order chi connectivity index (χ0) is 24.1. The first-order chi connectivity index (χ1) is 14.8. The van der Waals surface area contributed by atoms with E-state index in [1.165, 1.54) is 56.4 Å². The van der Waals surface area contributed by atoms with Gasteiger partial charge < -0.3 is 5.73 Å². The highest BCUT2D eigenvalue weighted by molar-refractivity contribution is 5.92. The van der Waals surface area contributed by atoms with Gasteiger partial charge >= 0.3 is 0 Å². The highest BCUT2D eigenvalue weighted by atomic mass is 19.1. The molecule has 1 aromatic rings. The fourth-order valence-electron chi connectivity index (χ4n) is 3.15. The first-order valence-electron chi connectivity index (χ1n) is 11.7. The fourth-order valence-corrected chi connectivity index (χ4v) is 3.15. The molecule has 0 radical (unpaired) electrons. The van der Waals surface area contributed by atoms with Crippen molar-refractivity contribution in [3.05, 3.63) is 65.8 Å². The van der Waals surface area contributed by atoms with E-state index in [2.05, 4.69) is 63.1 Å². The quantitative estimate of drug-likeness (QED) is 0.284. The fraction of sp³-hybridized carbons (Fsp3) is 0.556. The summed E-state index contributed by atoms with van der Waals surface area (Å²) in [6, 6.07) is 1.23. The Morgan fingerprint density at radius 3 is 2.35 bits per heavy atom. The molecule has 0 aliphatic heterocycles. The highest BCUT2D eigenvalue weighted by Crippen LogP contribution is 2.25. The lowest BCUT2D eigenvalue weighted by Crippen LogP contribution is -2.12. The number of nitrogens with two attached hydrogens (primary N) is 1. The SMILES string of the molecule is CC.C\C=C/C=C\C=C(/C)CC(CCCCC)CC(C)C.NC(=O)c1ccncc1F. The molecule has 1 rings (SSSR count).